The van der Waals surface area contributed by atoms with Crippen LogP contribution in [0.5, 0.6) is 5.75 Å². The van der Waals surface area contributed by atoms with Crippen LogP contribution in [-0.2, 0) is 12.7 Å². The summed E-state index contributed by atoms with van der Waals surface area (Å²) in [6.07, 6.45) is -4.47. The third-order valence-electron chi connectivity index (χ3n) is 3.11. The molecule has 12 heteroatoms. The van der Waals surface area contributed by atoms with Gasteiger partial charge >= 0.3 is 6.18 Å². The molecule has 0 radical (unpaired) electrons. The summed E-state index contributed by atoms with van der Waals surface area (Å²) in [5, 5.41) is 7.04. The number of benzene rings is 1. The van der Waals surface area contributed by atoms with Gasteiger partial charge in [0.1, 0.15) is 17.4 Å². The van der Waals surface area contributed by atoms with E-state index in [0.717, 1.165) is 28.8 Å². The number of halogens is 6. The van der Waals surface area contributed by atoms with Gasteiger partial charge in [0.2, 0.25) is 0 Å². The van der Waals surface area contributed by atoms with Crippen molar-refractivity contribution in [2.24, 2.45) is 4.99 Å². The summed E-state index contributed by atoms with van der Waals surface area (Å²) < 4.78 is 68.8. The molecule has 0 saturated carbocycles. The molecule has 1 aromatic carbocycles. The number of nitrogens with zero attached hydrogens (tertiary/aromatic N) is 2. The summed E-state index contributed by atoms with van der Waals surface area (Å²) in [6.45, 7) is 2.79. The van der Waals surface area contributed by atoms with Gasteiger partial charge in [0, 0.05) is 18.0 Å². The first-order chi connectivity index (χ1) is 12.8. The van der Waals surface area contributed by atoms with Crippen LogP contribution in [0.3, 0.4) is 0 Å². The van der Waals surface area contributed by atoms with Gasteiger partial charge in [0.05, 0.1) is 13.1 Å². The van der Waals surface area contributed by atoms with E-state index < -0.39 is 23.5 Å². The Morgan fingerprint density at radius 1 is 1.21 bits per heavy atom. The van der Waals surface area contributed by atoms with Crippen LogP contribution in [0.15, 0.2) is 28.6 Å². The highest BCUT2D eigenvalue weighted by atomic mass is 127. The molecule has 0 spiro atoms. The van der Waals surface area contributed by atoms with Gasteiger partial charge in [-0.1, -0.05) is 0 Å². The largest absolute Gasteiger partial charge is 0.492 e. The number of alkyl halides is 3. The van der Waals surface area contributed by atoms with Gasteiger partial charge < -0.3 is 15.4 Å². The molecule has 1 heterocycles. The van der Waals surface area contributed by atoms with Crippen molar-refractivity contribution >= 4 is 41.3 Å². The smallest absolute Gasteiger partial charge is 0.434 e. The number of thiazole rings is 1. The van der Waals surface area contributed by atoms with Crippen molar-refractivity contribution in [3.05, 3.63) is 45.9 Å². The zero-order chi connectivity index (χ0) is 19.9. The molecular formula is C16H18F5IN4OS. The van der Waals surface area contributed by atoms with Gasteiger partial charge in [-0.25, -0.2) is 18.8 Å². The van der Waals surface area contributed by atoms with Gasteiger partial charge in [-0.15, -0.1) is 35.3 Å². The van der Waals surface area contributed by atoms with Crippen LogP contribution in [0.25, 0.3) is 0 Å². The molecule has 0 bridgehead atoms. The zero-order valence-corrected chi connectivity index (χ0v) is 17.8. The molecule has 0 atom stereocenters. The molecule has 0 aliphatic rings. The Morgan fingerprint density at radius 3 is 2.57 bits per heavy atom. The predicted octanol–water partition coefficient (Wildman–Crippen LogP) is 4.19. The van der Waals surface area contributed by atoms with Crippen molar-refractivity contribution in [1.29, 1.82) is 0 Å². The maximum Gasteiger partial charge on any atom is 0.434 e. The molecule has 0 unspecified atom stereocenters. The maximum absolute atomic E-state index is 13.1. The lowest BCUT2D eigenvalue weighted by atomic mass is 10.3. The fraction of sp³-hybridized carbons (Fsp3) is 0.375. The van der Waals surface area contributed by atoms with E-state index in [9.17, 15) is 22.0 Å². The van der Waals surface area contributed by atoms with Crippen LogP contribution in [-0.4, -0.2) is 30.6 Å². The van der Waals surface area contributed by atoms with E-state index in [-0.39, 0.29) is 54.4 Å². The molecule has 0 fully saturated rings. The summed E-state index contributed by atoms with van der Waals surface area (Å²) in [4.78, 5) is 7.66. The zero-order valence-electron chi connectivity index (χ0n) is 14.6. The van der Waals surface area contributed by atoms with Crippen molar-refractivity contribution in [2.75, 3.05) is 19.7 Å². The second-order valence-electron chi connectivity index (χ2n) is 5.17. The van der Waals surface area contributed by atoms with E-state index in [0.29, 0.717) is 12.5 Å². The summed E-state index contributed by atoms with van der Waals surface area (Å²) in [7, 11) is 0. The Labute approximate surface area is 179 Å². The van der Waals surface area contributed by atoms with E-state index in [1.165, 1.54) is 6.07 Å². The quantitative estimate of drug-likeness (QED) is 0.183. The monoisotopic (exact) mass is 536 g/mol. The van der Waals surface area contributed by atoms with Gasteiger partial charge in [0.25, 0.3) is 0 Å². The normalized spacial score (nSPS) is 11.7. The molecule has 0 amide bonds. The molecule has 2 rings (SSSR count). The fourth-order valence-corrected chi connectivity index (χ4v) is 2.63. The summed E-state index contributed by atoms with van der Waals surface area (Å²) in [5.74, 6) is -1.41. The first-order valence-electron chi connectivity index (χ1n) is 7.91. The van der Waals surface area contributed by atoms with Crippen molar-refractivity contribution in [2.45, 2.75) is 19.6 Å². The van der Waals surface area contributed by atoms with Crippen LogP contribution in [0.1, 0.15) is 17.6 Å². The third-order valence-corrected chi connectivity index (χ3v) is 3.95. The SMILES string of the molecule is CCNC(=NCc1nc(C(F)(F)F)cs1)NCCOc1ccc(F)c(F)c1.I. The average molecular weight is 536 g/mol. The Morgan fingerprint density at radius 2 is 1.96 bits per heavy atom. The van der Waals surface area contributed by atoms with Crippen LogP contribution >= 0.6 is 35.3 Å². The second-order valence-corrected chi connectivity index (χ2v) is 6.11. The number of aliphatic imine (C=N–C) groups is 1. The summed E-state index contributed by atoms with van der Waals surface area (Å²) in [5.41, 5.74) is -0.935. The molecule has 1 aromatic heterocycles. The van der Waals surface area contributed by atoms with Crippen LogP contribution in [0.4, 0.5) is 22.0 Å². The molecule has 0 aliphatic heterocycles. The Kier molecular flexibility index (Phi) is 9.85. The van der Waals surface area contributed by atoms with Crippen LogP contribution in [0.2, 0.25) is 0 Å². The van der Waals surface area contributed by atoms with Gasteiger partial charge in [0.15, 0.2) is 23.3 Å². The number of hydrogen-bond acceptors (Lipinski definition) is 4. The number of ether oxygens (including phenoxy) is 1. The van der Waals surface area contributed by atoms with Crippen molar-refractivity contribution < 1.29 is 26.7 Å². The number of nitrogens with one attached hydrogen (secondary N) is 2. The van der Waals surface area contributed by atoms with E-state index >= 15 is 0 Å². The minimum atomic E-state index is -4.47. The highest BCUT2D eigenvalue weighted by Crippen LogP contribution is 2.30. The van der Waals surface area contributed by atoms with Crippen molar-refractivity contribution in [3.63, 3.8) is 0 Å². The molecule has 156 valence electrons. The van der Waals surface area contributed by atoms with Gasteiger partial charge in [-0.2, -0.15) is 13.2 Å². The predicted molar refractivity (Wildman–Crippen MR) is 107 cm³/mol. The van der Waals surface area contributed by atoms with Gasteiger partial charge in [-0.3, -0.25) is 0 Å². The number of rotatable bonds is 7. The fourth-order valence-electron chi connectivity index (χ4n) is 1.91. The average Bonchev–Trinajstić information content (AvgIpc) is 3.09. The standard InChI is InChI=1S/C16H17F5N4OS.HI/c1-2-22-15(24-8-14-25-13(9-27-14)16(19,20)21)23-5-6-26-10-3-4-11(17)12(18)7-10;/h3-4,7,9H,2,5-6,8H2,1H3,(H2,22,23,24);1H. The lowest BCUT2D eigenvalue weighted by molar-refractivity contribution is -0.140. The number of aromatic nitrogens is 1. The first kappa shape index (κ1) is 24.3. The molecule has 2 N–H and O–H groups in total. The Bertz CT molecular complexity index is 785. The third kappa shape index (κ3) is 7.73. The van der Waals surface area contributed by atoms with Crippen molar-refractivity contribution in [3.8, 4) is 5.75 Å². The number of guanidine groups is 1. The second kappa shape index (κ2) is 11.3. The topological polar surface area (TPSA) is 58.5 Å². The molecular weight excluding hydrogens is 518 g/mol. The maximum atomic E-state index is 13.1. The first-order valence-corrected chi connectivity index (χ1v) is 8.79. The van der Waals surface area contributed by atoms with Crippen molar-refractivity contribution in [1.82, 2.24) is 15.6 Å². The number of hydrogen-bond donors (Lipinski definition) is 2. The van der Waals surface area contributed by atoms with Gasteiger partial charge in [-0.05, 0) is 19.1 Å². The molecule has 0 aliphatic carbocycles. The lowest BCUT2D eigenvalue weighted by Crippen LogP contribution is -2.39. The summed E-state index contributed by atoms with van der Waals surface area (Å²) in [6, 6.07) is 3.21. The Balaban J connectivity index is 0.00000392. The molecule has 2 aromatic rings. The van der Waals surface area contributed by atoms with Crippen LogP contribution < -0.4 is 15.4 Å². The van der Waals surface area contributed by atoms with E-state index in [4.69, 9.17) is 4.74 Å². The molecule has 0 saturated heterocycles. The Hall–Kier alpha value is -1.70. The summed E-state index contributed by atoms with van der Waals surface area (Å²) >= 11 is 0.880. The lowest BCUT2D eigenvalue weighted by Gasteiger charge is -2.12. The molecule has 28 heavy (non-hydrogen) atoms. The van der Waals surface area contributed by atoms with Crippen LogP contribution in [0, 0.1) is 11.6 Å². The highest BCUT2D eigenvalue weighted by Gasteiger charge is 2.33. The minimum absolute atomic E-state index is 0. The van der Waals surface area contributed by atoms with E-state index in [1.807, 2.05) is 6.92 Å². The van der Waals surface area contributed by atoms with E-state index in [2.05, 4.69) is 20.6 Å². The highest BCUT2D eigenvalue weighted by molar-refractivity contribution is 14.0. The molecule has 5 nitrogen and oxygen atoms in total. The minimum Gasteiger partial charge on any atom is -0.492 e. The van der Waals surface area contributed by atoms with E-state index in [1.54, 1.807) is 0 Å².